The summed E-state index contributed by atoms with van der Waals surface area (Å²) in [6, 6.07) is 9.95. The van der Waals surface area contributed by atoms with Gasteiger partial charge in [0, 0.05) is 31.0 Å². The van der Waals surface area contributed by atoms with Crippen molar-refractivity contribution in [1.29, 1.82) is 0 Å². The molecule has 1 amide bonds. The summed E-state index contributed by atoms with van der Waals surface area (Å²) in [5, 5.41) is 0.279. The van der Waals surface area contributed by atoms with Gasteiger partial charge >= 0.3 is 0 Å². The number of hydrogen-bond donors (Lipinski definition) is 1. The van der Waals surface area contributed by atoms with Crippen molar-refractivity contribution in [2.24, 2.45) is 5.73 Å². The molecule has 0 radical (unpaired) electrons. The lowest BCUT2D eigenvalue weighted by Gasteiger charge is -2.17. The Kier molecular flexibility index (Phi) is 4.83. The van der Waals surface area contributed by atoms with Gasteiger partial charge in [-0.2, -0.15) is 0 Å². The first-order chi connectivity index (χ1) is 11.5. The zero-order chi connectivity index (χ0) is 17.3. The normalized spacial score (nSPS) is 20.6. The molecular formula is C18H21ClN4O. The molecule has 1 fully saturated rings. The second kappa shape index (κ2) is 6.87. The van der Waals surface area contributed by atoms with Gasteiger partial charge in [-0.15, -0.1) is 0 Å². The highest BCUT2D eigenvalue weighted by Gasteiger charge is 2.35. The van der Waals surface area contributed by atoms with E-state index in [0.29, 0.717) is 18.9 Å². The van der Waals surface area contributed by atoms with Crippen LogP contribution in [0.4, 0.5) is 0 Å². The number of hydrogen-bond acceptors (Lipinski definition) is 4. The maximum absolute atomic E-state index is 12.9. The Hall–Kier alpha value is -1.98. The van der Waals surface area contributed by atoms with Crippen LogP contribution in [0, 0.1) is 0 Å². The summed E-state index contributed by atoms with van der Waals surface area (Å²) in [7, 11) is 0. The standard InChI is InChI=1S/C18H21ClN4O/c1-11(2)17-21-8-14(19)16(22-17)18(24)23-9-13(15(20)10-23)12-6-4-3-5-7-12/h3-8,11,13,15H,9-10,20H2,1-2H3/t13-,15+/m0/s1. The molecule has 0 saturated carbocycles. The second-order valence-corrected chi connectivity index (χ2v) is 6.88. The molecule has 126 valence electrons. The molecule has 1 saturated heterocycles. The molecule has 2 N–H and O–H groups in total. The number of likely N-dealkylation sites (tertiary alicyclic amines) is 1. The molecule has 2 aromatic rings. The van der Waals surface area contributed by atoms with Crippen molar-refractivity contribution in [3.05, 3.63) is 58.6 Å². The van der Waals surface area contributed by atoms with Crippen molar-refractivity contribution in [2.45, 2.75) is 31.7 Å². The van der Waals surface area contributed by atoms with Crippen molar-refractivity contribution in [3.8, 4) is 0 Å². The van der Waals surface area contributed by atoms with Crippen molar-refractivity contribution in [2.75, 3.05) is 13.1 Å². The molecule has 0 unspecified atom stereocenters. The first-order valence-corrected chi connectivity index (χ1v) is 8.47. The van der Waals surface area contributed by atoms with E-state index in [4.69, 9.17) is 17.3 Å². The van der Waals surface area contributed by atoms with Gasteiger partial charge in [0.05, 0.1) is 11.2 Å². The average molecular weight is 345 g/mol. The number of benzene rings is 1. The number of halogens is 1. The fourth-order valence-corrected chi connectivity index (χ4v) is 3.18. The van der Waals surface area contributed by atoms with E-state index in [0.717, 1.165) is 5.56 Å². The highest BCUT2D eigenvalue weighted by Crippen LogP contribution is 2.28. The van der Waals surface area contributed by atoms with Crippen LogP contribution in [0.15, 0.2) is 36.5 Å². The fraction of sp³-hybridized carbons (Fsp3) is 0.389. The van der Waals surface area contributed by atoms with Gasteiger partial charge in [0.1, 0.15) is 5.82 Å². The molecule has 1 aromatic heterocycles. The molecular weight excluding hydrogens is 324 g/mol. The number of nitrogens with zero attached hydrogens (tertiary/aromatic N) is 3. The van der Waals surface area contributed by atoms with Gasteiger partial charge in [-0.25, -0.2) is 9.97 Å². The zero-order valence-electron chi connectivity index (χ0n) is 13.8. The van der Waals surface area contributed by atoms with Crippen molar-refractivity contribution in [1.82, 2.24) is 14.9 Å². The third-order valence-corrected chi connectivity index (χ3v) is 4.64. The molecule has 6 heteroatoms. The summed E-state index contributed by atoms with van der Waals surface area (Å²) in [6.45, 7) is 5.03. The van der Waals surface area contributed by atoms with E-state index in [2.05, 4.69) is 9.97 Å². The van der Waals surface area contributed by atoms with E-state index >= 15 is 0 Å². The second-order valence-electron chi connectivity index (χ2n) is 6.47. The monoisotopic (exact) mass is 344 g/mol. The molecule has 0 spiro atoms. The van der Waals surface area contributed by atoms with Gasteiger partial charge in [0.25, 0.3) is 5.91 Å². The van der Waals surface area contributed by atoms with Gasteiger partial charge in [-0.05, 0) is 5.56 Å². The number of aromatic nitrogens is 2. The lowest BCUT2D eigenvalue weighted by molar-refractivity contribution is 0.0783. The molecule has 1 aliphatic rings. The molecule has 24 heavy (non-hydrogen) atoms. The minimum Gasteiger partial charge on any atom is -0.335 e. The Labute approximate surface area is 146 Å². The van der Waals surface area contributed by atoms with E-state index in [-0.39, 0.29) is 34.5 Å². The van der Waals surface area contributed by atoms with Gasteiger partial charge in [-0.1, -0.05) is 55.8 Å². The van der Waals surface area contributed by atoms with Gasteiger partial charge in [-0.3, -0.25) is 4.79 Å². The molecule has 0 aliphatic carbocycles. The minimum absolute atomic E-state index is 0.0958. The van der Waals surface area contributed by atoms with Gasteiger partial charge in [0.15, 0.2) is 5.69 Å². The van der Waals surface area contributed by atoms with Crippen LogP contribution in [0.3, 0.4) is 0 Å². The fourth-order valence-electron chi connectivity index (χ4n) is 3.01. The number of nitrogens with two attached hydrogens (primary N) is 1. The Bertz CT molecular complexity index is 735. The van der Waals surface area contributed by atoms with E-state index < -0.39 is 0 Å². The van der Waals surface area contributed by atoms with E-state index in [1.807, 2.05) is 44.2 Å². The van der Waals surface area contributed by atoms with Crippen LogP contribution >= 0.6 is 11.6 Å². The molecule has 1 aromatic carbocycles. The van der Waals surface area contributed by atoms with Gasteiger partial charge in [0.2, 0.25) is 0 Å². The van der Waals surface area contributed by atoms with E-state index in [1.54, 1.807) is 4.90 Å². The van der Waals surface area contributed by atoms with E-state index in [1.165, 1.54) is 6.20 Å². The average Bonchev–Trinajstić information content (AvgIpc) is 2.97. The Balaban J connectivity index is 1.83. The summed E-state index contributed by atoms with van der Waals surface area (Å²) in [6.07, 6.45) is 1.50. The Morgan fingerprint density at radius 1 is 1.29 bits per heavy atom. The summed E-state index contributed by atoms with van der Waals surface area (Å²) in [4.78, 5) is 23.1. The largest absolute Gasteiger partial charge is 0.335 e. The van der Waals surface area contributed by atoms with Crippen LogP contribution in [-0.4, -0.2) is 39.9 Å². The van der Waals surface area contributed by atoms with Crippen LogP contribution in [-0.2, 0) is 0 Å². The number of rotatable bonds is 3. The van der Waals surface area contributed by atoms with Crippen LogP contribution in [0.25, 0.3) is 0 Å². The van der Waals surface area contributed by atoms with Crippen LogP contribution in [0.2, 0.25) is 5.02 Å². The maximum atomic E-state index is 12.9. The van der Waals surface area contributed by atoms with Crippen molar-refractivity contribution >= 4 is 17.5 Å². The van der Waals surface area contributed by atoms with Crippen molar-refractivity contribution < 1.29 is 4.79 Å². The minimum atomic E-state index is -0.182. The molecule has 2 atom stereocenters. The van der Waals surface area contributed by atoms with Crippen LogP contribution < -0.4 is 5.73 Å². The highest BCUT2D eigenvalue weighted by atomic mass is 35.5. The summed E-state index contributed by atoms with van der Waals surface area (Å²) in [5.74, 6) is 0.691. The number of amides is 1. The van der Waals surface area contributed by atoms with Gasteiger partial charge < -0.3 is 10.6 Å². The Morgan fingerprint density at radius 3 is 2.67 bits per heavy atom. The third-order valence-electron chi connectivity index (χ3n) is 4.36. The summed E-state index contributed by atoms with van der Waals surface area (Å²) < 4.78 is 0. The predicted molar refractivity (Wildman–Crippen MR) is 94.2 cm³/mol. The SMILES string of the molecule is CC(C)c1ncc(Cl)c(C(=O)N2C[C@@H](N)[C@H](c3ccccc3)C2)n1. The number of carbonyl (C=O) groups excluding carboxylic acids is 1. The highest BCUT2D eigenvalue weighted by molar-refractivity contribution is 6.33. The first-order valence-electron chi connectivity index (χ1n) is 8.09. The zero-order valence-corrected chi connectivity index (χ0v) is 14.6. The summed E-state index contributed by atoms with van der Waals surface area (Å²) >= 11 is 6.16. The quantitative estimate of drug-likeness (QED) is 0.929. The molecule has 3 rings (SSSR count). The lowest BCUT2D eigenvalue weighted by atomic mass is 9.95. The van der Waals surface area contributed by atoms with E-state index in [9.17, 15) is 4.79 Å². The first kappa shape index (κ1) is 16.9. The third kappa shape index (κ3) is 3.28. The molecule has 0 bridgehead atoms. The lowest BCUT2D eigenvalue weighted by Crippen LogP contribution is -2.33. The maximum Gasteiger partial charge on any atom is 0.274 e. The predicted octanol–water partition coefficient (Wildman–Crippen LogP) is 2.82. The van der Waals surface area contributed by atoms with Crippen molar-refractivity contribution in [3.63, 3.8) is 0 Å². The van der Waals surface area contributed by atoms with Crippen LogP contribution in [0.5, 0.6) is 0 Å². The summed E-state index contributed by atoms with van der Waals surface area (Å²) in [5.41, 5.74) is 7.68. The number of carbonyl (C=O) groups is 1. The molecule has 2 heterocycles. The molecule has 1 aliphatic heterocycles. The Morgan fingerprint density at radius 2 is 2.00 bits per heavy atom. The molecule has 5 nitrogen and oxygen atoms in total. The van der Waals surface area contributed by atoms with Crippen LogP contribution in [0.1, 0.15) is 47.6 Å². The smallest absolute Gasteiger partial charge is 0.274 e. The topological polar surface area (TPSA) is 72.1 Å².